The molecule has 0 aliphatic carbocycles. The number of Topliss-reactive ketones (excluding diaryl/α,β-unsaturated/α-hetero) is 2. The van der Waals surface area contributed by atoms with E-state index in [9.17, 15) is 19.2 Å². The first-order valence-electron chi connectivity index (χ1n) is 5.05. The predicted molar refractivity (Wildman–Crippen MR) is 55.1 cm³/mol. The molecule has 0 saturated carbocycles. The Bertz CT molecular complexity index is 345. The molecule has 0 aliphatic rings. The number of carbonyl (C=O) groups excluding carboxylic acids is 4. The van der Waals surface area contributed by atoms with Gasteiger partial charge < -0.3 is 4.89 Å². The average Bonchev–Trinajstić information content (AvgIpc) is 2.32. The molecule has 0 aromatic carbocycles. The summed E-state index contributed by atoms with van der Waals surface area (Å²) >= 11 is 0. The zero-order chi connectivity index (χ0) is 14.3. The van der Waals surface area contributed by atoms with Gasteiger partial charge in [0.1, 0.15) is 0 Å². The summed E-state index contributed by atoms with van der Waals surface area (Å²) in [5, 5.41) is 16.4. The Balaban J connectivity index is 4.98. The van der Waals surface area contributed by atoms with Crippen molar-refractivity contribution in [2.45, 2.75) is 33.1 Å². The zero-order valence-corrected chi connectivity index (χ0v) is 9.97. The van der Waals surface area contributed by atoms with Gasteiger partial charge in [0.25, 0.3) is 0 Å². The van der Waals surface area contributed by atoms with Crippen molar-refractivity contribution in [1.29, 1.82) is 0 Å². The van der Waals surface area contributed by atoms with Crippen LogP contribution in [0.15, 0.2) is 0 Å². The highest BCUT2D eigenvalue weighted by atomic mass is 17.1. The average molecular weight is 262 g/mol. The Kier molecular flexibility index (Phi) is 6.14. The molecule has 0 amide bonds. The van der Waals surface area contributed by atoms with E-state index >= 15 is 0 Å². The Labute approximate surface area is 102 Å². The van der Waals surface area contributed by atoms with Crippen LogP contribution in [0, 0.1) is 5.41 Å². The Morgan fingerprint density at radius 3 is 1.83 bits per heavy atom. The molecule has 0 fully saturated rings. The van der Waals surface area contributed by atoms with Crippen LogP contribution in [0.5, 0.6) is 0 Å². The summed E-state index contributed by atoms with van der Waals surface area (Å²) in [6.45, 7) is 2.01. The highest BCUT2D eigenvalue weighted by molar-refractivity contribution is 6.20. The molecule has 0 unspecified atom stereocenters. The van der Waals surface area contributed by atoms with Crippen molar-refractivity contribution in [2.75, 3.05) is 0 Å². The molecule has 8 nitrogen and oxygen atoms in total. The molecule has 0 bridgehead atoms. The smallest absolute Gasteiger partial charge is 0.301 e. The van der Waals surface area contributed by atoms with Gasteiger partial charge in [-0.05, 0) is 26.7 Å². The van der Waals surface area contributed by atoms with Crippen molar-refractivity contribution in [2.24, 2.45) is 5.41 Å². The lowest BCUT2D eigenvalue weighted by molar-refractivity contribution is -0.244. The fourth-order valence-corrected chi connectivity index (χ4v) is 1.61. The van der Waals surface area contributed by atoms with Crippen molar-refractivity contribution in [1.82, 2.24) is 0 Å². The van der Waals surface area contributed by atoms with E-state index in [0.29, 0.717) is 0 Å². The second-order valence-electron chi connectivity index (χ2n) is 3.71. The lowest BCUT2D eigenvalue weighted by atomic mass is 9.76. The second-order valence-corrected chi connectivity index (χ2v) is 3.71. The van der Waals surface area contributed by atoms with Gasteiger partial charge in [-0.25, -0.2) is 9.59 Å². The zero-order valence-electron chi connectivity index (χ0n) is 9.97. The maximum atomic E-state index is 11.5. The highest BCUT2D eigenvalue weighted by Gasteiger charge is 2.49. The van der Waals surface area contributed by atoms with Gasteiger partial charge in [-0.3, -0.25) is 14.5 Å². The number of rotatable bonds is 7. The van der Waals surface area contributed by atoms with Gasteiger partial charge in [0.15, 0.2) is 17.0 Å². The summed E-state index contributed by atoms with van der Waals surface area (Å²) in [4.78, 5) is 51.8. The van der Waals surface area contributed by atoms with Crippen LogP contribution < -0.4 is 0 Å². The third-order valence-corrected chi connectivity index (χ3v) is 2.67. The lowest BCUT2D eigenvalue weighted by Gasteiger charge is -2.23. The van der Waals surface area contributed by atoms with Crippen molar-refractivity contribution < 1.29 is 39.5 Å². The van der Waals surface area contributed by atoms with Crippen LogP contribution in [0.3, 0.4) is 0 Å². The first-order valence-corrected chi connectivity index (χ1v) is 5.05. The maximum Gasteiger partial charge on any atom is 0.362 e. The van der Waals surface area contributed by atoms with Crippen LogP contribution in [-0.4, -0.2) is 34.0 Å². The predicted octanol–water partition coefficient (Wildman–Crippen LogP) is 0.353. The van der Waals surface area contributed by atoms with E-state index in [4.69, 9.17) is 10.5 Å². The number of hydrogen-bond acceptors (Lipinski definition) is 8. The molecule has 102 valence electrons. The van der Waals surface area contributed by atoms with Crippen molar-refractivity contribution >= 4 is 23.5 Å². The van der Waals surface area contributed by atoms with E-state index in [1.54, 1.807) is 0 Å². The molecule has 0 spiro atoms. The van der Waals surface area contributed by atoms with Gasteiger partial charge in [0.2, 0.25) is 0 Å². The van der Waals surface area contributed by atoms with Gasteiger partial charge in [0.05, 0.1) is 0 Å². The van der Waals surface area contributed by atoms with Gasteiger partial charge >= 0.3 is 11.9 Å². The van der Waals surface area contributed by atoms with Crippen LogP contribution in [0.2, 0.25) is 0 Å². The summed E-state index contributed by atoms with van der Waals surface area (Å²) in [6.07, 6.45) is -0.697. The number of hydrogen-bond donors (Lipinski definition) is 2. The molecule has 0 radical (unpaired) electrons. The molecule has 0 rings (SSSR count). The van der Waals surface area contributed by atoms with Crippen LogP contribution in [0.4, 0.5) is 0 Å². The highest BCUT2D eigenvalue weighted by Crippen LogP contribution is 2.29. The van der Waals surface area contributed by atoms with Crippen LogP contribution in [0.25, 0.3) is 0 Å². The van der Waals surface area contributed by atoms with E-state index in [-0.39, 0.29) is 19.3 Å². The maximum absolute atomic E-state index is 11.5. The molecule has 0 aromatic heterocycles. The quantitative estimate of drug-likeness (QED) is 0.382. The molecule has 0 atom stereocenters. The van der Waals surface area contributed by atoms with Gasteiger partial charge in [0, 0.05) is 6.42 Å². The molecule has 8 heteroatoms. The monoisotopic (exact) mass is 262 g/mol. The molecule has 0 heterocycles. The Morgan fingerprint density at radius 1 is 1.00 bits per heavy atom. The summed E-state index contributed by atoms with van der Waals surface area (Å²) < 4.78 is 0. The minimum atomic E-state index is -2.13. The van der Waals surface area contributed by atoms with Gasteiger partial charge in [-0.1, -0.05) is 0 Å². The van der Waals surface area contributed by atoms with E-state index in [1.165, 1.54) is 0 Å². The van der Waals surface area contributed by atoms with E-state index in [2.05, 4.69) is 9.78 Å². The normalized spacial score (nSPS) is 10.7. The van der Waals surface area contributed by atoms with Gasteiger partial charge in [-0.15, -0.1) is 0 Å². The topological polar surface area (TPSA) is 127 Å². The molecular weight excluding hydrogens is 248 g/mol. The summed E-state index contributed by atoms with van der Waals surface area (Å²) in [6, 6.07) is 0. The lowest BCUT2D eigenvalue weighted by Crippen LogP contribution is -2.45. The molecule has 0 aliphatic heterocycles. The van der Waals surface area contributed by atoms with Crippen molar-refractivity contribution in [3.63, 3.8) is 0 Å². The third-order valence-electron chi connectivity index (χ3n) is 2.67. The molecule has 18 heavy (non-hydrogen) atoms. The van der Waals surface area contributed by atoms with Crippen molar-refractivity contribution in [3.8, 4) is 0 Å². The summed E-state index contributed by atoms with van der Waals surface area (Å²) in [5.74, 6) is -3.95. The minimum Gasteiger partial charge on any atom is -0.301 e. The Hall–Kier alpha value is -1.80. The van der Waals surface area contributed by atoms with E-state index < -0.39 is 28.9 Å². The summed E-state index contributed by atoms with van der Waals surface area (Å²) in [7, 11) is 0. The molecule has 0 aromatic rings. The number of ketones is 2. The second kappa shape index (κ2) is 6.82. The first-order chi connectivity index (χ1) is 8.32. The van der Waals surface area contributed by atoms with Gasteiger partial charge in [-0.2, -0.15) is 10.5 Å². The third kappa shape index (κ3) is 3.34. The van der Waals surface area contributed by atoms with E-state index in [0.717, 1.165) is 13.8 Å². The largest absolute Gasteiger partial charge is 0.362 e. The molecule has 0 saturated heterocycles. The first kappa shape index (κ1) is 16.2. The standard InChI is InChI=1S/C10H14O8/c1-6(11)10(7(2)12,9(14)18-16)5-3-4-8(13)17-15/h15-16H,3-5H2,1-2H3. The van der Waals surface area contributed by atoms with Crippen molar-refractivity contribution in [3.05, 3.63) is 0 Å². The number of carbonyl (C=O) groups is 4. The minimum absolute atomic E-state index is 0.0757. The fraction of sp³-hybridized carbons (Fsp3) is 0.600. The van der Waals surface area contributed by atoms with Crippen LogP contribution in [0.1, 0.15) is 33.1 Å². The SMILES string of the molecule is CC(=O)C(CCCC(=O)OO)(C(C)=O)C(=O)OO. The molecule has 2 N–H and O–H groups in total. The molecular formula is C10H14O8. The Morgan fingerprint density at radius 2 is 1.50 bits per heavy atom. The van der Waals surface area contributed by atoms with Crippen LogP contribution in [-0.2, 0) is 29.0 Å². The van der Waals surface area contributed by atoms with E-state index in [1.807, 2.05) is 0 Å². The summed E-state index contributed by atoms with van der Waals surface area (Å²) in [5.41, 5.74) is -2.13. The fourth-order valence-electron chi connectivity index (χ4n) is 1.61. The van der Waals surface area contributed by atoms with Crippen LogP contribution >= 0.6 is 0 Å².